The van der Waals surface area contributed by atoms with E-state index in [2.05, 4.69) is 26.1 Å². The van der Waals surface area contributed by atoms with Crippen molar-refractivity contribution in [1.82, 2.24) is 19.2 Å². The Bertz CT molecular complexity index is 1070. The first-order valence-corrected chi connectivity index (χ1v) is 11.2. The Kier molecular flexibility index (Phi) is 6.35. The molecule has 3 heterocycles. The fraction of sp³-hybridized carbons (Fsp3) is 0.455. The number of carbonyl (C=O) groups is 1. The van der Waals surface area contributed by atoms with Gasteiger partial charge in [-0.05, 0) is 75.6 Å². The van der Waals surface area contributed by atoms with Gasteiger partial charge in [0.25, 0.3) is 5.56 Å². The lowest BCUT2D eigenvalue weighted by atomic mass is 10.2. The van der Waals surface area contributed by atoms with E-state index in [-0.39, 0.29) is 11.5 Å². The summed E-state index contributed by atoms with van der Waals surface area (Å²) >= 11 is 3.50. The molecule has 1 aromatic carbocycles. The first-order valence-electron chi connectivity index (χ1n) is 10.4. The number of likely N-dealkylation sites (tertiary alicyclic amines) is 1. The predicted octanol–water partition coefficient (Wildman–Crippen LogP) is 3.40. The Morgan fingerprint density at radius 1 is 1.03 bits per heavy atom. The number of rotatable bonds is 8. The number of hydrogen-bond donors (Lipinski definition) is 1. The van der Waals surface area contributed by atoms with E-state index in [1.807, 2.05) is 40.9 Å². The zero-order valence-electron chi connectivity index (χ0n) is 16.6. The summed E-state index contributed by atoms with van der Waals surface area (Å²) in [5.41, 5.74) is 2.50. The number of nitrogens with one attached hydrogen (secondary N) is 1. The number of halogens is 1. The van der Waals surface area contributed by atoms with Crippen LogP contribution in [0.25, 0.3) is 16.6 Å². The smallest absolute Gasteiger partial charge is 0.275 e. The van der Waals surface area contributed by atoms with Crippen molar-refractivity contribution in [3.05, 3.63) is 51.4 Å². The largest absolute Gasteiger partial charge is 0.356 e. The average molecular weight is 459 g/mol. The van der Waals surface area contributed by atoms with Crippen LogP contribution in [-0.2, 0) is 11.3 Å². The van der Waals surface area contributed by atoms with Gasteiger partial charge in [0.15, 0.2) is 0 Å². The molecule has 2 aromatic heterocycles. The quantitative estimate of drug-likeness (QED) is 0.526. The standard InChI is InChI=1S/C22H27BrN4O2/c23-17-8-9-18-20(16-17)27(22(29)19-6-3-14-26(18)19)15-4-7-21(28)24-10-5-13-25-11-1-2-12-25/h3,6,8-9,14,16H,1-2,4-5,7,10-13,15H2,(H,24,28). The number of hydrogen-bond acceptors (Lipinski definition) is 3. The van der Waals surface area contributed by atoms with Crippen LogP contribution in [0.15, 0.2) is 45.8 Å². The summed E-state index contributed by atoms with van der Waals surface area (Å²) in [6.45, 7) is 4.70. The van der Waals surface area contributed by atoms with Crippen LogP contribution in [0.4, 0.5) is 0 Å². The number of fused-ring (bicyclic) bond motifs is 3. The van der Waals surface area contributed by atoms with Gasteiger partial charge in [0, 0.05) is 30.2 Å². The number of nitrogens with zero attached hydrogens (tertiary/aromatic N) is 3. The molecule has 1 aliphatic rings. The minimum absolute atomic E-state index is 0.0216. The lowest BCUT2D eigenvalue weighted by Crippen LogP contribution is -2.29. The van der Waals surface area contributed by atoms with Crippen LogP contribution in [0.3, 0.4) is 0 Å². The Morgan fingerprint density at radius 2 is 1.86 bits per heavy atom. The second-order valence-corrected chi connectivity index (χ2v) is 8.62. The maximum absolute atomic E-state index is 12.9. The van der Waals surface area contributed by atoms with Crippen LogP contribution < -0.4 is 10.9 Å². The van der Waals surface area contributed by atoms with Crippen LogP contribution >= 0.6 is 15.9 Å². The molecule has 1 amide bonds. The molecular formula is C22H27BrN4O2. The summed E-state index contributed by atoms with van der Waals surface area (Å²) in [6, 6.07) is 9.68. The van der Waals surface area contributed by atoms with E-state index in [9.17, 15) is 9.59 Å². The van der Waals surface area contributed by atoms with Crippen molar-refractivity contribution in [2.45, 2.75) is 38.6 Å². The van der Waals surface area contributed by atoms with Gasteiger partial charge in [-0.3, -0.25) is 9.59 Å². The summed E-state index contributed by atoms with van der Waals surface area (Å²) in [5.74, 6) is 0.0636. The summed E-state index contributed by atoms with van der Waals surface area (Å²) in [7, 11) is 0. The summed E-state index contributed by atoms with van der Waals surface area (Å²) < 4.78 is 4.64. The van der Waals surface area contributed by atoms with Gasteiger partial charge in [0.2, 0.25) is 5.91 Å². The van der Waals surface area contributed by atoms with E-state index < -0.39 is 0 Å². The van der Waals surface area contributed by atoms with Crippen molar-refractivity contribution in [1.29, 1.82) is 0 Å². The highest BCUT2D eigenvalue weighted by molar-refractivity contribution is 9.10. The van der Waals surface area contributed by atoms with Gasteiger partial charge in [0.1, 0.15) is 5.52 Å². The lowest BCUT2D eigenvalue weighted by Gasteiger charge is -2.14. The van der Waals surface area contributed by atoms with Crippen LogP contribution in [0.5, 0.6) is 0 Å². The molecule has 29 heavy (non-hydrogen) atoms. The van der Waals surface area contributed by atoms with E-state index in [0.29, 0.717) is 24.9 Å². The first kappa shape index (κ1) is 20.2. The van der Waals surface area contributed by atoms with Crippen LogP contribution in [0.2, 0.25) is 0 Å². The van der Waals surface area contributed by atoms with Gasteiger partial charge in [-0.2, -0.15) is 0 Å². The third-order valence-electron chi connectivity index (χ3n) is 5.66. The molecule has 0 spiro atoms. The molecule has 0 bridgehead atoms. The van der Waals surface area contributed by atoms with Crippen LogP contribution in [0, 0.1) is 0 Å². The zero-order chi connectivity index (χ0) is 20.2. The highest BCUT2D eigenvalue weighted by Crippen LogP contribution is 2.20. The van der Waals surface area contributed by atoms with Gasteiger partial charge in [-0.1, -0.05) is 15.9 Å². The third-order valence-corrected chi connectivity index (χ3v) is 6.15. The van der Waals surface area contributed by atoms with E-state index in [1.165, 1.54) is 25.9 Å². The maximum Gasteiger partial charge on any atom is 0.275 e. The van der Waals surface area contributed by atoms with Gasteiger partial charge < -0.3 is 19.2 Å². The molecule has 0 saturated carbocycles. The van der Waals surface area contributed by atoms with Crippen LogP contribution in [0.1, 0.15) is 32.1 Å². The molecule has 3 aromatic rings. The Labute approximate surface area is 178 Å². The van der Waals surface area contributed by atoms with Gasteiger partial charge >= 0.3 is 0 Å². The maximum atomic E-state index is 12.9. The van der Waals surface area contributed by atoms with Gasteiger partial charge in [-0.15, -0.1) is 0 Å². The van der Waals surface area contributed by atoms with Crippen molar-refractivity contribution < 1.29 is 4.79 Å². The number of aryl methyl sites for hydroxylation is 1. The number of amides is 1. The highest BCUT2D eigenvalue weighted by Gasteiger charge is 2.12. The van der Waals surface area contributed by atoms with Gasteiger partial charge in [0.05, 0.1) is 11.0 Å². The first-order chi connectivity index (χ1) is 14.1. The van der Waals surface area contributed by atoms with Crippen molar-refractivity contribution in [2.75, 3.05) is 26.2 Å². The minimum Gasteiger partial charge on any atom is -0.356 e. The van der Waals surface area contributed by atoms with Crippen molar-refractivity contribution in [2.24, 2.45) is 0 Å². The summed E-state index contributed by atoms with van der Waals surface area (Å²) in [6.07, 6.45) is 6.56. The third kappa shape index (κ3) is 4.56. The molecule has 1 N–H and O–H groups in total. The molecule has 4 rings (SSSR count). The normalized spacial score (nSPS) is 14.8. The van der Waals surface area contributed by atoms with Gasteiger partial charge in [-0.25, -0.2) is 0 Å². The zero-order valence-corrected chi connectivity index (χ0v) is 18.2. The number of benzene rings is 1. The van der Waals surface area contributed by atoms with Crippen molar-refractivity contribution in [3.8, 4) is 0 Å². The van der Waals surface area contributed by atoms with E-state index in [4.69, 9.17) is 0 Å². The van der Waals surface area contributed by atoms with Crippen LogP contribution in [-0.4, -0.2) is 46.0 Å². The molecule has 154 valence electrons. The molecule has 0 unspecified atom stereocenters. The van der Waals surface area contributed by atoms with E-state index in [0.717, 1.165) is 35.0 Å². The van der Waals surface area contributed by atoms with Crippen molar-refractivity contribution in [3.63, 3.8) is 0 Å². The Hall–Kier alpha value is -2.12. The molecule has 7 heteroatoms. The topological polar surface area (TPSA) is 58.8 Å². The summed E-state index contributed by atoms with van der Waals surface area (Å²) in [5, 5.41) is 3.01. The summed E-state index contributed by atoms with van der Waals surface area (Å²) in [4.78, 5) is 27.6. The predicted molar refractivity (Wildman–Crippen MR) is 119 cm³/mol. The van der Waals surface area contributed by atoms with E-state index in [1.54, 1.807) is 4.57 Å². The molecule has 1 fully saturated rings. The second-order valence-electron chi connectivity index (χ2n) is 7.71. The molecule has 1 saturated heterocycles. The molecule has 6 nitrogen and oxygen atoms in total. The Balaban J connectivity index is 1.36. The number of carbonyl (C=O) groups excluding carboxylic acids is 1. The fourth-order valence-corrected chi connectivity index (χ4v) is 4.52. The highest BCUT2D eigenvalue weighted by atomic mass is 79.9. The minimum atomic E-state index is -0.0216. The fourth-order valence-electron chi connectivity index (χ4n) is 4.17. The second kappa shape index (κ2) is 9.13. The van der Waals surface area contributed by atoms with Crippen molar-refractivity contribution >= 4 is 38.4 Å². The average Bonchev–Trinajstić information content (AvgIpc) is 3.40. The Morgan fingerprint density at radius 3 is 2.69 bits per heavy atom. The van der Waals surface area contributed by atoms with E-state index >= 15 is 0 Å². The molecular weight excluding hydrogens is 432 g/mol. The monoisotopic (exact) mass is 458 g/mol. The molecule has 0 radical (unpaired) electrons. The SMILES string of the molecule is O=C(CCCn1c(=O)c2cccn2c2ccc(Br)cc21)NCCCN1CCCC1. The lowest BCUT2D eigenvalue weighted by molar-refractivity contribution is -0.121. The number of aromatic nitrogens is 2. The molecule has 1 aliphatic heterocycles. The molecule has 0 aliphatic carbocycles. The molecule has 0 atom stereocenters.